The number of ether oxygens (including phenoxy) is 1. The number of rotatable bonds is 5. The van der Waals surface area contributed by atoms with E-state index in [1.54, 1.807) is 7.11 Å². The number of nitrogens with two attached hydrogens (primary N) is 1. The second-order valence-electron chi connectivity index (χ2n) is 5.62. The smallest absolute Gasteiger partial charge is 0.123 e. The van der Waals surface area contributed by atoms with Crippen LogP contribution in [-0.2, 0) is 5.41 Å². The summed E-state index contributed by atoms with van der Waals surface area (Å²) in [4.78, 5) is 0. The minimum Gasteiger partial charge on any atom is -0.496 e. The van der Waals surface area contributed by atoms with E-state index in [4.69, 9.17) is 10.5 Å². The summed E-state index contributed by atoms with van der Waals surface area (Å²) in [6.45, 7) is 10.4. The fraction of sp³-hybridized carbons (Fsp3) is 0.600. The van der Waals surface area contributed by atoms with Gasteiger partial charge in [0.15, 0.2) is 0 Å². The lowest BCUT2D eigenvalue weighted by molar-refractivity contribution is 0.403. The Bertz CT molecular complexity index is 383. The Balaban J connectivity index is 3.06. The highest BCUT2D eigenvalue weighted by Crippen LogP contribution is 2.30. The Morgan fingerprint density at radius 3 is 2.50 bits per heavy atom. The van der Waals surface area contributed by atoms with Gasteiger partial charge in [0, 0.05) is 18.2 Å². The second-order valence-corrected chi connectivity index (χ2v) is 5.62. The summed E-state index contributed by atoms with van der Waals surface area (Å²) >= 11 is 0. The molecular weight excluding hydrogens is 224 g/mol. The number of likely N-dealkylation sites (N-methyl/N-ethyl adjacent to an activating group) is 1. The van der Waals surface area contributed by atoms with Crippen LogP contribution in [0.5, 0.6) is 5.75 Å². The molecule has 0 bridgehead atoms. The minimum atomic E-state index is -0.0396. The Kier molecular flexibility index (Phi) is 5.17. The summed E-state index contributed by atoms with van der Waals surface area (Å²) in [5.41, 5.74) is 8.71. The van der Waals surface area contributed by atoms with Gasteiger partial charge in [-0.15, -0.1) is 0 Å². The molecule has 1 unspecified atom stereocenters. The largest absolute Gasteiger partial charge is 0.496 e. The van der Waals surface area contributed by atoms with Gasteiger partial charge in [-0.05, 0) is 29.7 Å². The van der Waals surface area contributed by atoms with Gasteiger partial charge >= 0.3 is 0 Å². The van der Waals surface area contributed by atoms with Gasteiger partial charge in [0.2, 0.25) is 0 Å². The molecule has 0 saturated heterocycles. The van der Waals surface area contributed by atoms with Crippen molar-refractivity contribution in [3.63, 3.8) is 0 Å². The highest BCUT2D eigenvalue weighted by atomic mass is 16.5. The van der Waals surface area contributed by atoms with Gasteiger partial charge in [0.25, 0.3) is 0 Å². The molecule has 0 spiro atoms. The third-order valence-corrected chi connectivity index (χ3v) is 3.11. The summed E-state index contributed by atoms with van der Waals surface area (Å²) in [6.07, 6.45) is 0. The third kappa shape index (κ3) is 3.72. The Morgan fingerprint density at radius 2 is 2.00 bits per heavy atom. The molecule has 0 amide bonds. The molecule has 0 fully saturated rings. The van der Waals surface area contributed by atoms with Crippen molar-refractivity contribution in [1.82, 2.24) is 5.32 Å². The number of methoxy groups -OCH3 is 1. The second kappa shape index (κ2) is 6.21. The van der Waals surface area contributed by atoms with Crippen LogP contribution < -0.4 is 15.8 Å². The van der Waals surface area contributed by atoms with Crippen LogP contribution in [0.2, 0.25) is 0 Å². The highest BCUT2D eigenvalue weighted by Gasteiger charge is 2.18. The molecule has 0 aliphatic heterocycles. The van der Waals surface area contributed by atoms with E-state index in [2.05, 4.69) is 45.1 Å². The van der Waals surface area contributed by atoms with Gasteiger partial charge in [-0.3, -0.25) is 0 Å². The molecule has 0 aliphatic rings. The molecule has 3 nitrogen and oxygen atoms in total. The van der Waals surface area contributed by atoms with E-state index < -0.39 is 0 Å². The van der Waals surface area contributed by atoms with Crippen molar-refractivity contribution in [2.45, 2.75) is 39.2 Å². The normalized spacial score (nSPS) is 13.4. The van der Waals surface area contributed by atoms with Gasteiger partial charge in [0.05, 0.1) is 7.11 Å². The zero-order valence-electron chi connectivity index (χ0n) is 12.2. The van der Waals surface area contributed by atoms with Gasteiger partial charge < -0.3 is 15.8 Å². The molecular formula is C15H26N2O. The highest BCUT2D eigenvalue weighted by molar-refractivity contribution is 5.41. The third-order valence-electron chi connectivity index (χ3n) is 3.11. The molecule has 0 heterocycles. The number of benzene rings is 1. The maximum atomic E-state index is 6.23. The fourth-order valence-corrected chi connectivity index (χ4v) is 1.90. The average Bonchev–Trinajstić information content (AvgIpc) is 2.34. The van der Waals surface area contributed by atoms with Crippen molar-refractivity contribution in [3.8, 4) is 5.75 Å². The summed E-state index contributed by atoms with van der Waals surface area (Å²) in [6, 6.07) is 6.26. The van der Waals surface area contributed by atoms with Crippen LogP contribution in [0.3, 0.4) is 0 Å². The molecule has 3 heteroatoms. The van der Waals surface area contributed by atoms with Crippen LogP contribution in [0.4, 0.5) is 0 Å². The SMILES string of the molecule is CCNCC(N)c1cc(C(C)(C)C)ccc1OC. The van der Waals surface area contributed by atoms with Crippen molar-refractivity contribution in [2.24, 2.45) is 5.73 Å². The monoisotopic (exact) mass is 250 g/mol. The summed E-state index contributed by atoms with van der Waals surface area (Å²) in [7, 11) is 1.69. The predicted octanol–water partition coefficient (Wildman–Crippen LogP) is 2.60. The molecule has 1 aromatic rings. The minimum absolute atomic E-state index is 0.0396. The standard InChI is InChI=1S/C15H26N2O/c1-6-17-10-13(16)12-9-11(15(2,3)4)7-8-14(12)18-5/h7-9,13,17H,6,10,16H2,1-5H3. The quantitative estimate of drug-likeness (QED) is 0.844. The van der Waals surface area contributed by atoms with Crippen molar-refractivity contribution in [1.29, 1.82) is 0 Å². The fourth-order valence-electron chi connectivity index (χ4n) is 1.90. The Hall–Kier alpha value is -1.06. The van der Waals surface area contributed by atoms with Crippen LogP contribution in [0.1, 0.15) is 44.9 Å². The molecule has 1 rings (SSSR count). The van der Waals surface area contributed by atoms with Crippen LogP contribution in [0, 0.1) is 0 Å². The zero-order valence-corrected chi connectivity index (χ0v) is 12.2. The molecule has 0 saturated carbocycles. The van der Waals surface area contributed by atoms with E-state index in [9.17, 15) is 0 Å². The molecule has 0 radical (unpaired) electrons. The first-order valence-corrected chi connectivity index (χ1v) is 6.54. The van der Waals surface area contributed by atoms with Crippen molar-refractivity contribution >= 4 is 0 Å². The maximum Gasteiger partial charge on any atom is 0.123 e. The molecule has 0 aromatic heterocycles. The van der Waals surface area contributed by atoms with Crippen molar-refractivity contribution in [2.75, 3.05) is 20.2 Å². The predicted molar refractivity (Wildman–Crippen MR) is 77.2 cm³/mol. The first-order valence-electron chi connectivity index (χ1n) is 6.54. The number of hydrogen-bond acceptors (Lipinski definition) is 3. The molecule has 3 N–H and O–H groups in total. The van der Waals surface area contributed by atoms with Gasteiger partial charge in [0.1, 0.15) is 5.75 Å². The van der Waals surface area contributed by atoms with Crippen LogP contribution in [0.15, 0.2) is 18.2 Å². The summed E-state index contributed by atoms with van der Waals surface area (Å²) in [5, 5.41) is 3.28. The number of nitrogens with one attached hydrogen (secondary N) is 1. The van der Waals surface area contributed by atoms with Gasteiger partial charge in [-0.25, -0.2) is 0 Å². The molecule has 18 heavy (non-hydrogen) atoms. The lowest BCUT2D eigenvalue weighted by atomic mass is 9.85. The molecule has 0 aliphatic carbocycles. The van der Waals surface area contributed by atoms with E-state index in [0.29, 0.717) is 0 Å². The summed E-state index contributed by atoms with van der Waals surface area (Å²) < 4.78 is 5.41. The van der Waals surface area contributed by atoms with Crippen molar-refractivity contribution in [3.05, 3.63) is 29.3 Å². The van der Waals surface area contributed by atoms with Gasteiger partial charge in [-0.1, -0.05) is 33.8 Å². The number of hydrogen-bond donors (Lipinski definition) is 2. The lowest BCUT2D eigenvalue weighted by Crippen LogP contribution is -2.27. The lowest BCUT2D eigenvalue weighted by Gasteiger charge is -2.23. The van der Waals surface area contributed by atoms with Crippen LogP contribution in [-0.4, -0.2) is 20.2 Å². The first kappa shape index (κ1) is 15.0. The van der Waals surface area contributed by atoms with E-state index in [0.717, 1.165) is 24.4 Å². The molecule has 1 atom stereocenters. The average molecular weight is 250 g/mol. The molecule has 1 aromatic carbocycles. The topological polar surface area (TPSA) is 47.3 Å². The van der Waals surface area contributed by atoms with Crippen LogP contribution >= 0.6 is 0 Å². The van der Waals surface area contributed by atoms with Crippen LogP contribution in [0.25, 0.3) is 0 Å². The Labute approximate surface area is 111 Å². The Morgan fingerprint density at radius 1 is 1.33 bits per heavy atom. The summed E-state index contributed by atoms with van der Waals surface area (Å²) in [5.74, 6) is 0.869. The first-order chi connectivity index (χ1) is 8.40. The van der Waals surface area contributed by atoms with E-state index >= 15 is 0 Å². The van der Waals surface area contributed by atoms with E-state index in [1.807, 2.05) is 6.07 Å². The molecule has 102 valence electrons. The maximum absolute atomic E-state index is 6.23. The van der Waals surface area contributed by atoms with E-state index in [-0.39, 0.29) is 11.5 Å². The van der Waals surface area contributed by atoms with Gasteiger partial charge in [-0.2, -0.15) is 0 Å². The van der Waals surface area contributed by atoms with E-state index in [1.165, 1.54) is 5.56 Å². The zero-order chi connectivity index (χ0) is 13.8. The van der Waals surface area contributed by atoms with Crippen molar-refractivity contribution < 1.29 is 4.74 Å².